The zero-order valence-corrected chi connectivity index (χ0v) is 21.4. The number of hydrogen-bond acceptors (Lipinski definition) is 4. The van der Waals surface area contributed by atoms with Crippen LogP contribution in [0.2, 0.25) is 5.02 Å². The van der Waals surface area contributed by atoms with Crippen molar-refractivity contribution in [1.29, 1.82) is 0 Å². The molecule has 1 aromatic heterocycles. The van der Waals surface area contributed by atoms with Crippen LogP contribution in [-0.4, -0.2) is 27.2 Å². The van der Waals surface area contributed by atoms with Crippen molar-refractivity contribution in [3.05, 3.63) is 107 Å². The van der Waals surface area contributed by atoms with Crippen molar-refractivity contribution >= 4 is 29.3 Å². The van der Waals surface area contributed by atoms with Gasteiger partial charge in [0.2, 0.25) is 5.91 Å². The fourth-order valence-electron chi connectivity index (χ4n) is 3.81. The molecule has 4 rings (SSSR count). The smallest absolute Gasteiger partial charge is 0.220 e. The van der Waals surface area contributed by atoms with Crippen LogP contribution in [0.5, 0.6) is 0 Å². The Balaban J connectivity index is 1.32. The van der Waals surface area contributed by atoms with Crippen LogP contribution in [0.15, 0.2) is 84.0 Å². The van der Waals surface area contributed by atoms with E-state index >= 15 is 0 Å². The molecule has 186 valence electrons. The van der Waals surface area contributed by atoms with Gasteiger partial charge in [-0.25, -0.2) is 4.39 Å². The maximum atomic E-state index is 13.2. The van der Waals surface area contributed by atoms with Crippen molar-refractivity contribution in [2.24, 2.45) is 0 Å². The molecule has 36 heavy (non-hydrogen) atoms. The number of nitrogens with one attached hydrogen (secondary N) is 1. The van der Waals surface area contributed by atoms with Crippen LogP contribution in [0.1, 0.15) is 36.2 Å². The van der Waals surface area contributed by atoms with Crippen LogP contribution in [0.25, 0.3) is 5.69 Å². The number of carbonyl (C=O) groups excluding carboxylic acids is 1. The highest BCUT2D eigenvalue weighted by molar-refractivity contribution is 7.98. The zero-order valence-electron chi connectivity index (χ0n) is 19.9. The summed E-state index contributed by atoms with van der Waals surface area (Å²) in [4.78, 5) is 12.2. The van der Waals surface area contributed by atoms with E-state index in [4.69, 9.17) is 11.6 Å². The first kappa shape index (κ1) is 25.9. The Labute approximate surface area is 220 Å². The van der Waals surface area contributed by atoms with E-state index in [1.807, 2.05) is 47.0 Å². The lowest BCUT2D eigenvalue weighted by atomic mass is 10.1. The lowest BCUT2D eigenvalue weighted by molar-refractivity contribution is -0.121. The van der Waals surface area contributed by atoms with Crippen molar-refractivity contribution in [2.75, 3.05) is 6.54 Å². The molecule has 3 aromatic carbocycles. The molecule has 0 aliphatic rings. The molecule has 0 bridgehead atoms. The number of nitrogens with zero attached hydrogens (tertiary/aromatic N) is 3. The SMILES string of the molecule is O=C(CCCCc1nnc(SCc2ccc(F)cc2)n1-c1cccc(Cl)c1)NCCc1ccccc1. The molecule has 0 unspecified atom stereocenters. The maximum Gasteiger partial charge on any atom is 0.220 e. The first-order chi connectivity index (χ1) is 17.6. The zero-order chi connectivity index (χ0) is 25.2. The minimum atomic E-state index is -0.252. The Bertz CT molecular complexity index is 1260. The lowest BCUT2D eigenvalue weighted by Crippen LogP contribution is -2.25. The lowest BCUT2D eigenvalue weighted by Gasteiger charge is -2.11. The van der Waals surface area contributed by atoms with Gasteiger partial charge < -0.3 is 5.32 Å². The Kier molecular flexibility index (Phi) is 9.53. The second-order valence-corrected chi connectivity index (χ2v) is 9.80. The second-order valence-electron chi connectivity index (χ2n) is 8.42. The summed E-state index contributed by atoms with van der Waals surface area (Å²) in [5.74, 6) is 1.28. The molecular weight excluding hydrogens is 495 g/mol. The highest BCUT2D eigenvalue weighted by Crippen LogP contribution is 2.27. The van der Waals surface area contributed by atoms with Crippen LogP contribution in [-0.2, 0) is 23.4 Å². The van der Waals surface area contributed by atoms with Crippen molar-refractivity contribution in [2.45, 2.75) is 43.0 Å². The molecule has 5 nitrogen and oxygen atoms in total. The number of thioether (sulfide) groups is 1. The highest BCUT2D eigenvalue weighted by atomic mass is 35.5. The number of aromatic nitrogens is 3. The molecule has 1 heterocycles. The van der Waals surface area contributed by atoms with Gasteiger partial charge in [0.1, 0.15) is 11.6 Å². The molecule has 0 aliphatic heterocycles. The van der Waals surface area contributed by atoms with Gasteiger partial charge in [-0.15, -0.1) is 10.2 Å². The molecule has 4 aromatic rings. The van der Waals surface area contributed by atoms with Crippen molar-refractivity contribution in [3.63, 3.8) is 0 Å². The fourth-order valence-corrected chi connectivity index (χ4v) is 4.92. The number of aryl methyl sites for hydroxylation is 1. The molecule has 0 saturated heterocycles. The van der Waals surface area contributed by atoms with E-state index in [-0.39, 0.29) is 11.7 Å². The van der Waals surface area contributed by atoms with E-state index in [1.54, 1.807) is 12.1 Å². The predicted molar refractivity (Wildman–Crippen MR) is 143 cm³/mol. The Morgan fingerprint density at radius 2 is 1.72 bits per heavy atom. The summed E-state index contributed by atoms with van der Waals surface area (Å²) in [6.45, 7) is 0.639. The molecule has 0 fully saturated rings. The van der Waals surface area contributed by atoms with Gasteiger partial charge in [-0.3, -0.25) is 9.36 Å². The minimum absolute atomic E-state index is 0.0674. The van der Waals surface area contributed by atoms with Gasteiger partial charge in [-0.05, 0) is 60.7 Å². The van der Waals surface area contributed by atoms with Crippen molar-refractivity contribution in [3.8, 4) is 5.69 Å². The van der Waals surface area contributed by atoms with Crippen LogP contribution in [0, 0.1) is 5.82 Å². The number of amides is 1. The summed E-state index contributed by atoms with van der Waals surface area (Å²) in [5.41, 5.74) is 3.11. The van der Waals surface area contributed by atoms with Gasteiger partial charge in [0.05, 0.1) is 5.69 Å². The van der Waals surface area contributed by atoms with Crippen LogP contribution in [0.4, 0.5) is 4.39 Å². The van der Waals surface area contributed by atoms with E-state index in [2.05, 4.69) is 27.6 Å². The normalized spacial score (nSPS) is 10.9. The third kappa shape index (κ3) is 7.67. The van der Waals surface area contributed by atoms with Crippen LogP contribution < -0.4 is 5.32 Å². The fraction of sp³-hybridized carbons (Fsp3) is 0.250. The minimum Gasteiger partial charge on any atom is -0.356 e. The Morgan fingerprint density at radius 1 is 0.917 bits per heavy atom. The van der Waals surface area contributed by atoms with Gasteiger partial charge in [-0.2, -0.15) is 0 Å². The standard InChI is InChI=1S/C28H28ClFN4OS/c29-23-9-6-10-25(19-23)34-26(32-33-28(34)36-20-22-13-15-24(30)16-14-22)11-4-5-12-27(35)31-18-17-21-7-2-1-3-8-21/h1-3,6-10,13-16,19H,4-5,11-12,17-18,20H2,(H,31,35). The topological polar surface area (TPSA) is 59.8 Å². The molecule has 8 heteroatoms. The predicted octanol–water partition coefficient (Wildman–Crippen LogP) is 6.42. The third-order valence-corrected chi connectivity index (χ3v) is 6.92. The first-order valence-electron chi connectivity index (χ1n) is 12.0. The van der Waals surface area contributed by atoms with E-state index < -0.39 is 0 Å². The molecular formula is C28H28ClFN4OS. The largest absolute Gasteiger partial charge is 0.356 e. The number of carbonyl (C=O) groups is 1. The van der Waals surface area contributed by atoms with Crippen LogP contribution >= 0.6 is 23.4 Å². The Morgan fingerprint density at radius 3 is 2.50 bits per heavy atom. The van der Waals surface area contributed by atoms with E-state index in [9.17, 15) is 9.18 Å². The molecule has 0 atom stereocenters. The number of hydrogen-bond donors (Lipinski definition) is 1. The number of benzene rings is 3. The summed E-state index contributed by atoms with van der Waals surface area (Å²) in [5, 5.41) is 13.2. The van der Waals surface area contributed by atoms with E-state index in [0.717, 1.165) is 41.5 Å². The van der Waals surface area contributed by atoms with Gasteiger partial charge in [0.25, 0.3) is 0 Å². The molecule has 0 aliphatic carbocycles. The van der Waals surface area contributed by atoms with E-state index in [1.165, 1.54) is 29.5 Å². The molecule has 0 spiro atoms. The van der Waals surface area contributed by atoms with Crippen molar-refractivity contribution in [1.82, 2.24) is 20.1 Å². The summed E-state index contributed by atoms with van der Waals surface area (Å²) < 4.78 is 15.2. The van der Waals surface area contributed by atoms with Crippen LogP contribution in [0.3, 0.4) is 0 Å². The molecule has 0 radical (unpaired) electrons. The summed E-state index contributed by atoms with van der Waals surface area (Å²) in [6, 6.07) is 24.2. The molecule has 1 N–H and O–H groups in total. The highest BCUT2D eigenvalue weighted by Gasteiger charge is 2.15. The van der Waals surface area contributed by atoms with Crippen molar-refractivity contribution < 1.29 is 9.18 Å². The quantitative estimate of drug-likeness (QED) is 0.172. The molecule has 0 saturated carbocycles. The monoisotopic (exact) mass is 522 g/mol. The number of halogens is 2. The van der Waals surface area contributed by atoms with Gasteiger partial charge in [-0.1, -0.05) is 71.9 Å². The average molecular weight is 523 g/mol. The summed E-state index contributed by atoms with van der Waals surface area (Å²) >= 11 is 7.79. The van der Waals surface area contributed by atoms with Gasteiger partial charge in [0.15, 0.2) is 5.16 Å². The third-order valence-electron chi connectivity index (χ3n) is 5.68. The van der Waals surface area contributed by atoms with Gasteiger partial charge >= 0.3 is 0 Å². The first-order valence-corrected chi connectivity index (χ1v) is 13.3. The summed E-state index contributed by atoms with van der Waals surface area (Å²) in [7, 11) is 0. The van der Waals surface area contributed by atoms with E-state index in [0.29, 0.717) is 30.2 Å². The Hall–Kier alpha value is -3.16. The maximum absolute atomic E-state index is 13.2. The summed E-state index contributed by atoms with van der Waals surface area (Å²) in [6.07, 6.45) is 3.57. The van der Waals surface area contributed by atoms with Gasteiger partial charge in [0, 0.05) is 30.2 Å². The number of rotatable bonds is 12. The second kappa shape index (κ2) is 13.2. The number of unbranched alkanes of at least 4 members (excludes halogenated alkanes) is 1. The molecule has 1 amide bonds. The average Bonchev–Trinajstić information content (AvgIpc) is 3.29.